The van der Waals surface area contributed by atoms with Gasteiger partial charge in [-0.2, -0.15) is 0 Å². The molecule has 2 nitrogen and oxygen atoms in total. The molecule has 0 amide bonds. The SMILES string of the molecule is Cc1ccc(C(C)c2cnco2)cc1C. The van der Waals surface area contributed by atoms with Crippen molar-refractivity contribution in [2.45, 2.75) is 26.7 Å². The Kier molecular flexibility index (Phi) is 2.58. The summed E-state index contributed by atoms with van der Waals surface area (Å²) >= 11 is 0. The first-order valence-electron chi connectivity index (χ1n) is 5.14. The van der Waals surface area contributed by atoms with Gasteiger partial charge in [-0.25, -0.2) is 4.98 Å². The van der Waals surface area contributed by atoms with Gasteiger partial charge in [0.05, 0.1) is 6.20 Å². The van der Waals surface area contributed by atoms with Gasteiger partial charge in [0.25, 0.3) is 0 Å². The van der Waals surface area contributed by atoms with Gasteiger partial charge >= 0.3 is 0 Å². The van der Waals surface area contributed by atoms with E-state index < -0.39 is 0 Å². The van der Waals surface area contributed by atoms with Crippen LogP contribution in [-0.2, 0) is 0 Å². The highest BCUT2D eigenvalue weighted by molar-refractivity contribution is 5.34. The molecule has 1 unspecified atom stereocenters. The molecule has 2 aromatic rings. The molecule has 0 aliphatic heterocycles. The van der Waals surface area contributed by atoms with Crippen LogP contribution in [0, 0.1) is 13.8 Å². The van der Waals surface area contributed by atoms with E-state index in [0.717, 1.165) is 5.76 Å². The lowest BCUT2D eigenvalue weighted by Crippen LogP contribution is -1.95. The summed E-state index contributed by atoms with van der Waals surface area (Å²) in [6, 6.07) is 6.51. The van der Waals surface area contributed by atoms with Gasteiger partial charge in [-0.15, -0.1) is 0 Å². The third-order valence-corrected chi connectivity index (χ3v) is 2.91. The molecular weight excluding hydrogens is 186 g/mol. The van der Waals surface area contributed by atoms with E-state index in [1.807, 2.05) is 0 Å². The second kappa shape index (κ2) is 3.89. The van der Waals surface area contributed by atoms with E-state index in [4.69, 9.17) is 4.42 Å². The number of benzene rings is 1. The van der Waals surface area contributed by atoms with E-state index >= 15 is 0 Å². The number of nitrogens with zero attached hydrogens (tertiary/aromatic N) is 1. The highest BCUT2D eigenvalue weighted by Crippen LogP contribution is 2.25. The molecule has 0 saturated carbocycles. The van der Waals surface area contributed by atoms with Crippen LogP contribution in [0.3, 0.4) is 0 Å². The van der Waals surface area contributed by atoms with Crippen LogP contribution in [0.5, 0.6) is 0 Å². The van der Waals surface area contributed by atoms with Crippen LogP contribution in [-0.4, -0.2) is 4.98 Å². The maximum absolute atomic E-state index is 5.31. The van der Waals surface area contributed by atoms with E-state index in [2.05, 4.69) is 44.0 Å². The Morgan fingerprint density at radius 2 is 2.00 bits per heavy atom. The average molecular weight is 201 g/mol. The van der Waals surface area contributed by atoms with Gasteiger partial charge in [0.2, 0.25) is 0 Å². The second-order valence-electron chi connectivity index (χ2n) is 3.97. The Labute approximate surface area is 90.0 Å². The Balaban J connectivity index is 2.34. The van der Waals surface area contributed by atoms with Crippen molar-refractivity contribution in [1.29, 1.82) is 0 Å². The Morgan fingerprint density at radius 3 is 2.60 bits per heavy atom. The van der Waals surface area contributed by atoms with E-state index in [9.17, 15) is 0 Å². The van der Waals surface area contributed by atoms with Crippen LogP contribution in [0.25, 0.3) is 0 Å². The van der Waals surface area contributed by atoms with E-state index in [0.29, 0.717) is 0 Å². The summed E-state index contributed by atoms with van der Waals surface area (Å²) in [5, 5.41) is 0. The Morgan fingerprint density at radius 1 is 1.20 bits per heavy atom. The van der Waals surface area contributed by atoms with Crippen LogP contribution < -0.4 is 0 Å². The molecule has 0 fully saturated rings. The van der Waals surface area contributed by atoms with Gasteiger partial charge in [-0.1, -0.05) is 25.1 Å². The number of aryl methyl sites for hydroxylation is 2. The highest BCUT2D eigenvalue weighted by atomic mass is 16.3. The largest absolute Gasteiger partial charge is 0.448 e. The fraction of sp³-hybridized carbons (Fsp3) is 0.308. The monoisotopic (exact) mass is 201 g/mol. The topological polar surface area (TPSA) is 26.0 Å². The summed E-state index contributed by atoms with van der Waals surface area (Å²) < 4.78 is 5.31. The summed E-state index contributed by atoms with van der Waals surface area (Å²) in [6.45, 7) is 6.38. The molecule has 1 heterocycles. The first-order valence-corrected chi connectivity index (χ1v) is 5.14. The number of hydrogen-bond acceptors (Lipinski definition) is 2. The second-order valence-corrected chi connectivity index (χ2v) is 3.97. The van der Waals surface area contributed by atoms with E-state index in [1.165, 1.54) is 23.1 Å². The Bertz CT molecular complexity index is 446. The van der Waals surface area contributed by atoms with Crippen LogP contribution in [0.15, 0.2) is 35.2 Å². The van der Waals surface area contributed by atoms with Crippen LogP contribution in [0.1, 0.15) is 35.3 Å². The van der Waals surface area contributed by atoms with Crippen molar-refractivity contribution in [2.75, 3.05) is 0 Å². The molecule has 0 aliphatic rings. The van der Waals surface area contributed by atoms with Crippen LogP contribution in [0.4, 0.5) is 0 Å². The summed E-state index contributed by atoms with van der Waals surface area (Å²) in [4.78, 5) is 3.94. The molecule has 0 aliphatic carbocycles. The summed E-state index contributed by atoms with van der Waals surface area (Å²) in [6.07, 6.45) is 3.26. The lowest BCUT2D eigenvalue weighted by molar-refractivity contribution is 0.490. The van der Waals surface area contributed by atoms with Crippen LogP contribution >= 0.6 is 0 Å². The molecule has 2 heteroatoms. The maximum atomic E-state index is 5.31. The normalized spacial score (nSPS) is 12.7. The van der Waals surface area contributed by atoms with E-state index in [1.54, 1.807) is 6.20 Å². The zero-order chi connectivity index (χ0) is 10.8. The lowest BCUT2D eigenvalue weighted by Gasteiger charge is -2.10. The minimum absolute atomic E-state index is 0.270. The Hall–Kier alpha value is -1.57. The molecule has 0 saturated heterocycles. The molecule has 0 N–H and O–H groups in total. The van der Waals surface area contributed by atoms with Gasteiger partial charge < -0.3 is 4.42 Å². The molecule has 2 rings (SSSR count). The van der Waals surface area contributed by atoms with E-state index in [-0.39, 0.29) is 5.92 Å². The maximum Gasteiger partial charge on any atom is 0.180 e. The summed E-state index contributed by atoms with van der Waals surface area (Å²) in [5.41, 5.74) is 3.91. The average Bonchev–Trinajstić information content (AvgIpc) is 2.74. The fourth-order valence-corrected chi connectivity index (χ4v) is 1.64. The van der Waals surface area contributed by atoms with Gasteiger partial charge in [0.1, 0.15) is 5.76 Å². The molecule has 1 aromatic carbocycles. The number of rotatable bonds is 2. The molecule has 1 aromatic heterocycles. The zero-order valence-electron chi connectivity index (χ0n) is 9.32. The number of hydrogen-bond donors (Lipinski definition) is 0. The fourth-order valence-electron chi connectivity index (χ4n) is 1.64. The minimum atomic E-state index is 0.270. The van der Waals surface area contributed by atoms with Crippen molar-refractivity contribution in [3.8, 4) is 0 Å². The zero-order valence-corrected chi connectivity index (χ0v) is 9.32. The number of aromatic nitrogens is 1. The third kappa shape index (κ3) is 1.94. The molecule has 15 heavy (non-hydrogen) atoms. The molecule has 78 valence electrons. The van der Waals surface area contributed by atoms with Crippen LogP contribution in [0.2, 0.25) is 0 Å². The smallest absolute Gasteiger partial charge is 0.180 e. The van der Waals surface area contributed by atoms with Gasteiger partial charge in [0.15, 0.2) is 6.39 Å². The molecule has 0 spiro atoms. The quantitative estimate of drug-likeness (QED) is 0.743. The predicted octanol–water partition coefficient (Wildman–Crippen LogP) is 3.44. The number of oxazole rings is 1. The van der Waals surface area contributed by atoms with Crippen molar-refractivity contribution in [3.63, 3.8) is 0 Å². The van der Waals surface area contributed by atoms with Crippen molar-refractivity contribution in [1.82, 2.24) is 4.98 Å². The first kappa shape index (κ1) is 9.97. The molecular formula is C13H15NO. The van der Waals surface area contributed by atoms with Gasteiger partial charge in [0, 0.05) is 5.92 Å². The van der Waals surface area contributed by atoms with Gasteiger partial charge in [-0.3, -0.25) is 0 Å². The summed E-state index contributed by atoms with van der Waals surface area (Å²) in [5.74, 6) is 1.19. The first-order chi connectivity index (χ1) is 7.18. The molecule has 1 atom stereocenters. The predicted molar refractivity (Wildman–Crippen MR) is 59.9 cm³/mol. The van der Waals surface area contributed by atoms with Crippen molar-refractivity contribution < 1.29 is 4.42 Å². The van der Waals surface area contributed by atoms with Crippen molar-refractivity contribution in [2.24, 2.45) is 0 Å². The molecule has 0 bridgehead atoms. The lowest BCUT2D eigenvalue weighted by atomic mass is 9.96. The van der Waals surface area contributed by atoms with Crippen molar-refractivity contribution in [3.05, 3.63) is 53.2 Å². The molecule has 0 radical (unpaired) electrons. The highest BCUT2D eigenvalue weighted by Gasteiger charge is 2.11. The minimum Gasteiger partial charge on any atom is -0.448 e. The standard InChI is InChI=1S/C13H15NO/c1-9-4-5-12(6-10(9)2)11(3)13-7-14-8-15-13/h4-8,11H,1-3H3. The summed E-state index contributed by atoms with van der Waals surface area (Å²) in [7, 11) is 0. The van der Waals surface area contributed by atoms with Gasteiger partial charge in [-0.05, 0) is 30.5 Å². The van der Waals surface area contributed by atoms with Crippen molar-refractivity contribution >= 4 is 0 Å². The third-order valence-electron chi connectivity index (χ3n) is 2.91.